The van der Waals surface area contributed by atoms with Crippen molar-refractivity contribution in [2.45, 2.75) is 213 Å². The number of pyridine rings is 1. The van der Waals surface area contributed by atoms with E-state index in [0.717, 1.165) is 43.9 Å². The number of phenolic OH excluding ortho intramolecular Hbond substituents is 1. The second-order valence-electron chi connectivity index (χ2n) is 17.9. The van der Waals surface area contributed by atoms with Crippen LogP contribution in [0.4, 0.5) is 0 Å². The lowest BCUT2D eigenvalue weighted by molar-refractivity contribution is 0.0925. The lowest BCUT2D eigenvalue weighted by Gasteiger charge is -2.19. The lowest BCUT2D eigenvalue weighted by atomic mass is 10.1. The first-order valence-electron chi connectivity index (χ1n) is 26.2. The van der Waals surface area contributed by atoms with Crippen molar-refractivity contribution in [3.8, 4) is 23.0 Å². The molecule has 0 radical (unpaired) electrons. The quantitative estimate of drug-likeness (QED) is 0.0486. The first-order valence-corrected chi connectivity index (χ1v) is 26.2. The molecule has 0 saturated heterocycles. The van der Waals surface area contributed by atoms with Crippen molar-refractivity contribution in [1.82, 2.24) is 15.6 Å². The van der Waals surface area contributed by atoms with E-state index < -0.39 is 5.91 Å². The van der Waals surface area contributed by atoms with Crippen molar-refractivity contribution in [2.75, 3.05) is 32.9 Å². The van der Waals surface area contributed by atoms with E-state index >= 15 is 0 Å². The number of amides is 2. The maximum Gasteiger partial charge on any atom is 0.255 e. The van der Waals surface area contributed by atoms with Gasteiger partial charge in [0, 0.05) is 30.2 Å². The molecule has 0 unspecified atom stereocenters. The Balaban J connectivity index is 1.64. The van der Waals surface area contributed by atoms with Crippen LogP contribution in [0.2, 0.25) is 0 Å². The van der Waals surface area contributed by atoms with E-state index in [4.69, 9.17) is 14.2 Å². The molecule has 0 aliphatic carbocycles. The highest BCUT2D eigenvalue weighted by Gasteiger charge is 2.20. The normalized spacial score (nSPS) is 11.2. The fourth-order valence-electron chi connectivity index (χ4n) is 8.23. The summed E-state index contributed by atoms with van der Waals surface area (Å²) in [5.41, 5.74) is 0.933. The second kappa shape index (κ2) is 36.2. The number of carbonyl (C=O) groups is 2. The fraction of sp³-hybridized carbons (Fsp3) is 0.691. The minimum atomic E-state index is -0.437. The minimum absolute atomic E-state index is 0.138. The van der Waals surface area contributed by atoms with Gasteiger partial charge in [-0.3, -0.25) is 14.6 Å². The zero-order valence-electron chi connectivity index (χ0n) is 40.7. The van der Waals surface area contributed by atoms with Crippen LogP contribution in [0.25, 0.3) is 10.9 Å². The Morgan fingerprint density at radius 3 is 1.33 bits per heavy atom. The Morgan fingerprint density at radius 2 is 0.891 bits per heavy atom. The van der Waals surface area contributed by atoms with Crippen molar-refractivity contribution in [1.29, 1.82) is 0 Å². The average Bonchev–Trinajstić information content (AvgIpc) is 3.31. The van der Waals surface area contributed by atoms with E-state index in [1.807, 2.05) is 6.07 Å². The molecule has 64 heavy (non-hydrogen) atoms. The average molecular weight is 888 g/mol. The molecule has 3 aromatic rings. The summed E-state index contributed by atoms with van der Waals surface area (Å²) in [6.07, 6.45) is 38.9. The largest absolute Gasteiger partial charge is 0.505 e. The molecule has 2 amide bonds. The maximum atomic E-state index is 13.7. The summed E-state index contributed by atoms with van der Waals surface area (Å²) < 4.78 is 19.5. The van der Waals surface area contributed by atoms with Crippen LogP contribution < -0.4 is 24.8 Å². The lowest BCUT2D eigenvalue weighted by Crippen LogP contribution is -2.34. The smallest absolute Gasteiger partial charge is 0.255 e. The van der Waals surface area contributed by atoms with Gasteiger partial charge in [-0.2, -0.15) is 0 Å². The third-order valence-electron chi connectivity index (χ3n) is 12.2. The monoisotopic (exact) mass is 888 g/mol. The van der Waals surface area contributed by atoms with Gasteiger partial charge in [0.2, 0.25) is 5.75 Å². The summed E-state index contributed by atoms with van der Waals surface area (Å²) in [6, 6.07) is 10.5. The van der Waals surface area contributed by atoms with Gasteiger partial charge in [-0.25, -0.2) is 0 Å². The molecule has 0 spiro atoms. The van der Waals surface area contributed by atoms with Crippen LogP contribution in [-0.2, 0) is 0 Å². The molecule has 1 heterocycles. The highest BCUT2D eigenvalue weighted by atomic mass is 16.5. The number of benzene rings is 2. The highest BCUT2D eigenvalue weighted by Crippen LogP contribution is 2.40. The third kappa shape index (κ3) is 23.3. The zero-order chi connectivity index (χ0) is 45.7. The molecule has 9 heteroatoms. The molecular weight excluding hydrogens is 799 g/mol. The summed E-state index contributed by atoms with van der Waals surface area (Å²) in [4.78, 5) is 31.0. The van der Waals surface area contributed by atoms with Crippen molar-refractivity contribution in [2.24, 2.45) is 0 Å². The Hall–Kier alpha value is -4.01. The number of fused-ring (bicyclic) bond motifs is 1. The van der Waals surface area contributed by atoms with E-state index in [1.54, 1.807) is 36.5 Å². The molecular formula is C55H89N3O6. The number of nitrogens with one attached hydrogen (secondary N) is 2. The van der Waals surface area contributed by atoms with E-state index in [1.165, 1.54) is 154 Å². The molecule has 0 saturated carbocycles. The molecule has 0 bridgehead atoms. The minimum Gasteiger partial charge on any atom is -0.505 e. The van der Waals surface area contributed by atoms with Gasteiger partial charge in [-0.15, -0.1) is 0 Å². The van der Waals surface area contributed by atoms with Gasteiger partial charge in [-0.05, 0) is 43.5 Å². The van der Waals surface area contributed by atoms with Crippen LogP contribution in [0, 0.1) is 0 Å². The molecule has 1 aromatic heterocycles. The first kappa shape index (κ1) is 54.3. The predicted octanol–water partition coefficient (Wildman–Crippen LogP) is 15.0. The molecule has 0 aliphatic rings. The standard InChI is InChI=1S/C55H89N3O6/c1-4-7-10-13-16-19-22-25-28-31-41-62-49-44-47(54(60)57-39-40-58-55(61)48-37-36-46-35-34-38-56-51(46)52(48)59)45-50(63-42-32-29-26-23-20-17-14-11-8-5-2)53(49)64-43-33-30-27-24-21-18-15-12-9-6-3/h34-38,44-45,59H,4-33,39-43H2,1-3H3,(H,57,60)(H,58,61). The topological polar surface area (TPSA) is 119 Å². The summed E-state index contributed by atoms with van der Waals surface area (Å²) in [5, 5.41) is 17.2. The van der Waals surface area contributed by atoms with Crippen LogP contribution in [0.5, 0.6) is 23.0 Å². The number of hydrogen-bond donors (Lipinski definition) is 3. The number of rotatable bonds is 41. The van der Waals surface area contributed by atoms with Gasteiger partial charge in [0.05, 0.1) is 25.4 Å². The number of aromatic hydroxyl groups is 1. The Bertz CT molecular complexity index is 1620. The maximum absolute atomic E-state index is 13.7. The summed E-state index contributed by atoms with van der Waals surface area (Å²) in [5.74, 6) is 0.786. The van der Waals surface area contributed by atoms with E-state index in [-0.39, 0.29) is 30.3 Å². The van der Waals surface area contributed by atoms with Crippen LogP contribution in [0.3, 0.4) is 0 Å². The number of ether oxygens (including phenoxy) is 3. The van der Waals surface area contributed by atoms with Gasteiger partial charge >= 0.3 is 0 Å². The summed E-state index contributed by atoms with van der Waals surface area (Å²) >= 11 is 0. The number of aromatic nitrogens is 1. The van der Waals surface area contributed by atoms with E-state index in [9.17, 15) is 14.7 Å². The molecule has 360 valence electrons. The van der Waals surface area contributed by atoms with Crippen LogP contribution in [0.1, 0.15) is 234 Å². The Labute approximate surface area is 389 Å². The molecule has 0 fully saturated rings. The van der Waals surface area contributed by atoms with Crippen molar-refractivity contribution in [3.63, 3.8) is 0 Å². The number of hydrogen-bond acceptors (Lipinski definition) is 7. The van der Waals surface area contributed by atoms with Gasteiger partial charge in [-0.1, -0.05) is 206 Å². The highest BCUT2D eigenvalue weighted by molar-refractivity contribution is 6.02. The molecule has 2 aromatic carbocycles. The summed E-state index contributed by atoms with van der Waals surface area (Å²) in [6.45, 7) is 8.80. The van der Waals surface area contributed by atoms with Gasteiger partial charge in [0.25, 0.3) is 11.8 Å². The molecule has 9 nitrogen and oxygen atoms in total. The summed E-state index contributed by atoms with van der Waals surface area (Å²) in [7, 11) is 0. The molecule has 3 rings (SSSR count). The molecule has 0 aliphatic heterocycles. The van der Waals surface area contributed by atoms with Crippen molar-refractivity contribution < 1.29 is 28.9 Å². The van der Waals surface area contributed by atoms with Crippen LogP contribution in [-0.4, -0.2) is 54.8 Å². The van der Waals surface area contributed by atoms with Crippen LogP contribution >= 0.6 is 0 Å². The van der Waals surface area contributed by atoms with Gasteiger partial charge < -0.3 is 30.0 Å². The third-order valence-corrected chi connectivity index (χ3v) is 12.2. The van der Waals surface area contributed by atoms with E-state index in [2.05, 4.69) is 36.4 Å². The molecule has 3 N–H and O–H groups in total. The van der Waals surface area contributed by atoms with Crippen molar-refractivity contribution in [3.05, 3.63) is 53.7 Å². The SMILES string of the molecule is CCCCCCCCCCCCOc1cc(C(=O)NCCNC(=O)c2ccc3cccnc3c2O)cc(OCCCCCCCCCCCC)c1OCCCCCCCCCCCC. The zero-order valence-corrected chi connectivity index (χ0v) is 40.7. The predicted molar refractivity (Wildman–Crippen MR) is 267 cm³/mol. The number of phenols is 1. The van der Waals surface area contributed by atoms with E-state index in [0.29, 0.717) is 48.1 Å². The second-order valence-corrected chi connectivity index (χ2v) is 17.9. The van der Waals surface area contributed by atoms with Crippen molar-refractivity contribution >= 4 is 22.7 Å². The Kier molecular flexibility index (Phi) is 30.8. The fourth-order valence-corrected chi connectivity index (χ4v) is 8.23. The first-order chi connectivity index (χ1) is 31.5. The number of nitrogens with zero attached hydrogens (tertiary/aromatic N) is 1. The van der Waals surface area contributed by atoms with Gasteiger partial charge in [0.15, 0.2) is 17.2 Å². The Morgan fingerprint density at radius 1 is 0.500 bits per heavy atom. The van der Waals surface area contributed by atoms with Crippen LogP contribution in [0.15, 0.2) is 42.6 Å². The van der Waals surface area contributed by atoms with Gasteiger partial charge in [0.1, 0.15) is 5.52 Å². The number of unbranched alkanes of at least 4 members (excludes halogenated alkanes) is 27. The molecule has 0 atom stereocenters. The number of carbonyl (C=O) groups excluding carboxylic acids is 2.